The highest BCUT2D eigenvalue weighted by Crippen LogP contribution is 2.38. The van der Waals surface area contributed by atoms with Gasteiger partial charge in [-0.05, 0) is 18.1 Å². The molecular formula is C14H14N2. The van der Waals surface area contributed by atoms with Crippen molar-refractivity contribution in [2.75, 3.05) is 0 Å². The third-order valence-electron chi connectivity index (χ3n) is 3.16. The molecule has 1 aromatic heterocycles. The summed E-state index contributed by atoms with van der Waals surface area (Å²) in [4.78, 5) is 4.11. The highest BCUT2D eigenvalue weighted by atomic mass is 14.6. The summed E-state index contributed by atoms with van der Waals surface area (Å²) in [7, 11) is 0. The molecule has 2 unspecified atom stereocenters. The van der Waals surface area contributed by atoms with Crippen molar-refractivity contribution in [1.82, 2.24) is 4.98 Å². The Morgan fingerprint density at radius 2 is 2.38 bits per heavy atom. The minimum absolute atomic E-state index is 0.228. The third kappa shape index (κ3) is 1.55. The molecule has 2 nitrogen and oxygen atoms in total. The Labute approximate surface area is 95.9 Å². The maximum atomic E-state index is 9.53. The molecule has 0 bridgehead atoms. The summed E-state index contributed by atoms with van der Waals surface area (Å²) in [5.41, 5.74) is 0.433. The molecule has 1 aliphatic carbocycles. The van der Waals surface area contributed by atoms with Crippen LogP contribution in [0.25, 0.3) is 0 Å². The van der Waals surface area contributed by atoms with Gasteiger partial charge in [-0.15, -0.1) is 0 Å². The molecule has 0 saturated heterocycles. The van der Waals surface area contributed by atoms with Crippen LogP contribution in [0.1, 0.15) is 18.9 Å². The van der Waals surface area contributed by atoms with Crippen molar-refractivity contribution in [3.05, 3.63) is 54.4 Å². The van der Waals surface area contributed by atoms with Gasteiger partial charge in [-0.25, -0.2) is 0 Å². The first-order valence-electron chi connectivity index (χ1n) is 5.51. The maximum Gasteiger partial charge on any atom is 0.108 e. The number of hydrogen-bond acceptors (Lipinski definition) is 2. The second kappa shape index (κ2) is 4.32. The number of nitrogens with zero attached hydrogens (tertiary/aromatic N) is 2. The van der Waals surface area contributed by atoms with Crippen LogP contribution >= 0.6 is 0 Å². The topological polar surface area (TPSA) is 36.7 Å². The summed E-state index contributed by atoms with van der Waals surface area (Å²) in [6, 6.07) is 6.31. The lowest BCUT2D eigenvalue weighted by molar-refractivity contribution is 0.467. The fourth-order valence-corrected chi connectivity index (χ4v) is 2.24. The van der Waals surface area contributed by atoms with Crippen LogP contribution < -0.4 is 0 Å². The molecular weight excluding hydrogens is 196 g/mol. The van der Waals surface area contributed by atoms with E-state index in [1.165, 1.54) is 0 Å². The van der Waals surface area contributed by atoms with Gasteiger partial charge in [0.25, 0.3) is 0 Å². The van der Waals surface area contributed by atoms with Gasteiger partial charge >= 0.3 is 0 Å². The number of allylic oxidation sites excluding steroid dienone is 4. The van der Waals surface area contributed by atoms with Crippen LogP contribution in [0.3, 0.4) is 0 Å². The van der Waals surface area contributed by atoms with Crippen molar-refractivity contribution in [2.45, 2.75) is 18.8 Å². The van der Waals surface area contributed by atoms with Gasteiger partial charge in [0.05, 0.1) is 6.07 Å². The van der Waals surface area contributed by atoms with E-state index in [0.717, 1.165) is 12.0 Å². The molecule has 80 valence electrons. The normalized spacial score (nSPS) is 27.6. The number of rotatable bonds is 2. The first-order chi connectivity index (χ1) is 7.83. The summed E-state index contributed by atoms with van der Waals surface area (Å²) in [5.74, 6) is 0.228. The minimum atomic E-state index is -0.544. The summed E-state index contributed by atoms with van der Waals surface area (Å²) in [6.07, 6.45) is 12.5. The molecule has 0 amide bonds. The Bertz CT molecular complexity index is 453. The quantitative estimate of drug-likeness (QED) is 0.752. The van der Waals surface area contributed by atoms with Crippen molar-refractivity contribution < 1.29 is 0 Å². The summed E-state index contributed by atoms with van der Waals surface area (Å²) in [6.45, 7) is 2.11. The Morgan fingerprint density at radius 3 is 3.00 bits per heavy atom. The fourth-order valence-electron chi connectivity index (χ4n) is 2.24. The summed E-state index contributed by atoms with van der Waals surface area (Å²) < 4.78 is 0. The van der Waals surface area contributed by atoms with E-state index in [-0.39, 0.29) is 5.92 Å². The standard InChI is InChI=1S/C14H14N2/c1-2-12-6-3-4-8-14(12,11-15)13-7-5-9-16-10-13/h3-10,12H,2H2,1H3. The van der Waals surface area contributed by atoms with E-state index >= 15 is 0 Å². The van der Waals surface area contributed by atoms with Crippen molar-refractivity contribution >= 4 is 0 Å². The lowest BCUT2D eigenvalue weighted by Gasteiger charge is -2.31. The van der Waals surface area contributed by atoms with E-state index in [1.807, 2.05) is 30.4 Å². The molecule has 2 atom stereocenters. The Hall–Kier alpha value is -1.88. The van der Waals surface area contributed by atoms with E-state index in [2.05, 4.69) is 24.1 Å². The van der Waals surface area contributed by atoms with Gasteiger partial charge in [0.2, 0.25) is 0 Å². The van der Waals surface area contributed by atoms with E-state index in [9.17, 15) is 5.26 Å². The van der Waals surface area contributed by atoms with Crippen LogP contribution in [-0.2, 0) is 5.41 Å². The van der Waals surface area contributed by atoms with Gasteiger partial charge < -0.3 is 0 Å². The van der Waals surface area contributed by atoms with Crippen molar-refractivity contribution in [2.24, 2.45) is 5.92 Å². The lowest BCUT2D eigenvalue weighted by Crippen LogP contribution is -2.31. The first kappa shape index (κ1) is 10.6. The van der Waals surface area contributed by atoms with Crippen LogP contribution in [0.5, 0.6) is 0 Å². The van der Waals surface area contributed by atoms with Crippen molar-refractivity contribution in [3.8, 4) is 6.07 Å². The monoisotopic (exact) mass is 210 g/mol. The van der Waals surface area contributed by atoms with Crippen LogP contribution in [0, 0.1) is 17.2 Å². The Morgan fingerprint density at radius 1 is 1.50 bits per heavy atom. The molecule has 1 aliphatic rings. The maximum absolute atomic E-state index is 9.53. The molecule has 1 aromatic rings. The zero-order chi connectivity index (χ0) is 11.4. The van der Waals surface area contributed by atoms with Crippen LogP contribution in [0.2, 0.25) is 0 Å². The van der Waals surface area contributed by atoms with Gasteiger partial charge in [0, 0.05) is 18.3 Å². The smallest absolute Gasteiger partial charge is 0.108 e. The molecule has 0 aliphatic heterocycles. The summed E-state index contributed by atoms with van der Waals surface area (Å²) in [5, 5.41) is 9.53. The van der Waals surface area contributed by atoms with Crippen LogP contribution in [0.15, 0.2) is 48.8 Å². The first-order valence-corrected chi connectivity index (χ1v) is 5.51. The molecule has 0 saturated carbocycles. The van der Waals surface area contributed by atoms with Gasteiger partial charge in [0.15, 0.2) is 0 Å². The third-order valence-corrected chi connectivity index (χ3v) is 3.16. The van der Waals surface area contributed by atoms with Gasteiger partial charge in [-0.3, -0.25) is 4.98 Å². The fraction of sp³-hybridized carbons (Fsp3) is 0.286. The molecule has 0 radical (unpaired) electrons. The zero-order valence-corrected chi connectivity index (χ0v) is 9.30. The average Bonchev–Trinajstić information content (AvgIpc) is 2.39. The number of hydrogen-bond donors (Lipinski definition) is 0. The SMILES string of the molecule is CCC1C=CC=CC1(C#N)c1cccnc1. The minimum Gasteiger partial charge on any atom is -0.264 e. The highest BCUT2D eigenvalue weighted by Gasteiger charge is 2.37. The van der Waals surface area contributed by atoms with Crippen molar-refractivity contribution in [1.29, 1.82) is 5.26 Å². The van der Waals surface area contributed by atoms with Gasteiger partial charge in [0.1, 0.15) is 5.41 Å². The van der Waals surface area contributed by atoms with Gasteiger partial charge in [-0.1, -0.05) is 37.3 Å². The number of aromatic nitrogens is 1. The van der Waals surface area contributed by atoms with E-state index in [4.69, 9.17) is 0 Å². The van der Waals surface area contributed by atoms with Crippen LogP contribution in [0.4, 0.5) is 0 Å². The Balaban J connectivity index is 2.52. The number of nitriles is 1. The molecule has 2 heteroatoms. The molecule has 1 heterocycles. The van der Waals surface area contributed by atoms with E-state index < -0.39 is 5.41 Å². The van der Waals surface area contributed by atoms with Crippen molar-refractivity contribution in [3.63, 3.8) is 0 Å². The summed E-state index contributed by atoms with van der Waals surface area (Å²) >= 11 is 0. The van der Waals surface area contributed by atoms with Gasteiger partial charge in [-0.2, -0.15) is 5.26 Å². The predicted octanol–water partition coefficient (Wildman–Crippen LogP) is 3.00. The lowest BCUT2D eigenvalue weighted by atomic mass is 9.68. The Kier molecular flexibility index (Phi) is 2.87. The molecule has 16 heavy (non-hydrogen) atoms. The van der Waals surface area contributed by atoms with E-state index in [1.54, 1.807) is 12.4 Å². The molecule has 0 N–H and O–H groups in total. The average molecular weight is 210 g/mol. The highest BCUT2D eigenvalue weighted by molar-refractivity contribution is 5.43. The second-order valence-electron chi connectivity index (χ2n) is 3.98. The molecule has 0 fully saturated rings. The molecule has 0 aromatic carbocycles. The molecule has 2 rings (SSSR count). The molecule has 0 spiro atoms. The second-order valence-corrected chi connectivity index (χ2v) is 3.98. The predicted molar refractivity (Wildman–Crippen MR) is 63.6 cm³/mol. The zero-order valence-electron chi connectivity index (χ0n) is 9.30. The van der Waals surface area contributed by atoms with E-state index in [0.29, 0.717) is 0 Å². The van der Waals surface area contributed by atoms with Crippen LogP contribution in [-0.4, -0.2) is 4.98 Å². The largest absolute Gasteiger partial charge is 0.264 e. The number of pyridine rings is 1.